The standard InChI is InChI=1S/C19H30N2/c1-4-18-13-20-11-5-6-19(20)14-21(18)12-16-7-9-17(10-8-16)15(2)3/h7-10,15,18-19H,4-6,11-14H2,1-3H3. The minimum absolute atomic E-state index is 0.629. The Morgan fingerprint density at radius 2 is 1.90 bits per heavy atom. The highest BCUT2D eigenvalue weighted by Crippen LogP contribution is 2.27. The normalized spacial score (nSPS) is 27.2. The highest BCUT2D eigenvalue weighted by atomic mass is 15.3. The van der Waals surface area contributed by atoms with Crippen LogP contribution >= 0.6 is 0 Å². The van der Waals surface area contributed by atoms with Gasteiger partial charge in [-0.2, -0.15) is 0 Å². The zero-order chi connectivity index (χ0) is 14.8. The number of hydrogen-bond donors (Lipinski definition) is 0. The minimum Gasteiger partial charge on any atom is -0.298 e. The lowest BCUT2D eigenvalue weighted by molar-refractivity contribution is 0.0437. The van der Waals surface area contributed by atoms with E-state index in [2.05, 4.69) is 54.8 Å². The molecule has 0 aliphatic carbocycles. The van der Waals surface area contributed by atoms with Crippen LogP contribution < -0.4 is 0 Å². The van der Waals surface area contributed by atoms with Gasteiger partial charge < -0.3 is 0 Å². The van der Waals surface area contributed by atoms with Crippen LogP contribution in [0.2, 0.25) is 0 Å². The molecule has 1 aromatic rings. The first-order valence-electron chi connectivity index (χ1n) is 8.74. The van der Waals surface area contributed by atoms with Crippen molar-refractivity contribution < 1.29 is 0 Å². The largest absolute Gasteiger partial charge is 0.298 e. The molecule has 0 spiro atoms. The summed E-state index contributed by atoms with van der Waals surface area (Å²) in [6, 6.07) is 10.9. The molecule has 2 heteroatoms. The molecule has 2 aliphatic rings. The van der Waals surface area contributed by atoms with Crippen molar-refractivity contribution in [3.05, 3.63) is 35.4 Å². The summed E-state index contributed by atoms with van der Waals surface area (Å²) >= 11 is 0. The molecule has 0 N–H and O–H groups in total. The van der Waals surface area contributed by atoms with E-state index in [4.69, 9.17) is 0 Å². The summed E-state index contributed by atoms with van der Waals surface area (Å²) in [5, 5.41) is 0. The zero-order valence-electron chi connectivity index (χ0n) is 13.9. The van der Waals surface area contributed by atoms with Crippen LogP contribution in [0.15, 0.2) is 24.3 Å². The van der Waals surface area contributed by atoms with E-state index in [1.54, 1.807) is 0 Å². The van der Waals surface area contributed by atoms with Crippen LogP contribution in [0.3, 0.4) is 0 Å². The molecule has 2 heterocycles. The molecule has 2 atom stereocenters. The Morgan fingerprint density at radius 3 is 2.57 bits per heavy atom. The minimum atomic E-state index is 0.629. The van der Waals surface area contributed by atoms with Gasteiger partial charge in [-0.25, -0.2) is 0 Å². The van der Waals surface area contributed by atoms with Gasteiger partial charge >= 0.3 is 0 Å². The quantitative estimate of drug-likeness (QED) is 0.829. The molecule has 2 nitrogen and oxygen atoms in total. The predicted octanol–water partition coefficient (Wildman–Crippen LogP) is 3.87. The van der Waals surface area contributed by atoms with Crippen molar-refractivity contribution in [1.82, 2.24) is 9.80 Å². The summed E-state index contributed by atoms with van der Waals surface area (Å²) in [4.78, 5) is 5.46. The van der Waals surface area contributed by atoms with Gasteiger partial charge in [-0.1, -0.05) is 45.0 Å². The summed E-state index contributed by atoms with van der Waals surface area (Å²) < 4.78 is 0. The molecule has 3 rings (SSSR count). The second-order valence-corrected chi connectivity index (χ2v) is 7.18. The van der Waals surface area contributed by atoms with Crippen LogP contribution in [0.1, 0.15) is 57.1 Å². The molecule has 0 saturated carbocycles. The average molecular weight is 286 g/mol. The first kappa shape index (κ1) is 15.1. The Bertz CT molecular complexity index is 451. The lowest BCUT2D eigenvalue weighted by Gasteiger charge is -2.43. The Kier molecular flexibility index (Phi) is 4.66. The highest BCUT2D eigenvalue weighted by molar-refractivity contribution is 5.24. The molecule has 116 valence electrons. The van der Waals surface area contributed by atoms with Crippen molar-refractivity contribution in [2.24, 2.45) is 0 Å². The van der Waals surface area contributed by atoms with Crippen molar-refractivity contribution in [3.8, 4) is 0 Å². The third kappa shape index (κ3) is 3.32. The molecule has 1 aromatic carbocycles. The molecular weight excluding hydrogens is 256 g/mol. The molecule has 0 amide bonds. The monoisotopic (exact) mass is 286 g/mol. The van der Waals surface area contributed by atoms with E-state index in [0.29, 0.717) is 5.92 Å². The fraction of sp³-hybridized carbons (Fsp3) is 0.684. The van der Waals surface area contributed by atoms with Crippen molar-refractivity contribution >= 4 is 0 Å². The topological polar surface area (TPSA) is 6.48 Å². The number of rotatable bonds is 4. The van der Waals surface area contributed by atoms with Gasteiger partial charge in [-0.05, 0) is 42.9 Å². The van der Waals surface area contributed by atoms with E-state index in [0.717, 1.165) is 18.6 Å². The maximum atomic E-state index is 2.73. The van der Waals surface area contributed by atoms with Crippen molar-refractivity contribution in [2.45, 2.75) is 64.6 Å². The van der Waals surface area contributed by atoms with Gasteiger partial charge in [0.1, 0.15) is 0 Å². The van der Waals surface area contributed by atoms with E-state index in [-0.39, 0.29) is 0 Å². The molecule has 2 unspecified atom stereocenters. The van der Waals surface area contributed by atoms with Crippen LogP contribution in [0.4, 0.5) is 0 Å². The molecule has 2 aliphatic heterocycles. The zero-order valence-corrected chi connectivity index (χ0v) is 13.9. The highest BCUT2D eigenvalue weighted by Gasteiger charge is 2.35. The van der Waals surface area contributed by atoms with Gasteiger partial charge in [0.2, 0.25) is 0 Å². The van der Waals surface area contributed by atoms with Crippen LogP contribution in [0, 0.1) is 0 Å². The summed E-state index contributed by atoms with van der Waals surface area (Å²) in [6.45, 7) is 11.9. The molecule has 21 heavy (non-hydrogen) atoms. The lowest BCUT2D eigenvalue weighted by atomic mass is 10.0. The van der Waals surface area contributed by atoms with Gasteiger partial charge in [0, 0.05) is 31.7 Å². The van der Waals surface area contributed by atoms with E-state index in [1.807, 2.05) is 0 Å². The van der Waals surface area contributed by atoms with Gasteiger partial charge in [0.05, 0.1) is 0 Å². The number of fused-ring (bicyclic) bond motifs is 1. The Hall–Kier alpha value is -0.860. The number of hydrogen-bond acceptors (Lipinski definition) is 2. The first-order valence-corrected chi connectivity index (χ1v) is 8.74. The number of benzene rings is 1. The first-order chi connectivity index (χ1) is 10.2. The van der Waals surface area contributed by atoms with Crippen LogP contribution in [0.25, 0.3) is 0 Å². The fourth-order valence-corrected chi connectivity index (χ4v) is 3.97. The summed E-state index contributed by atoms with van der Waals surface area (Å²) in [6.07, 6.45) is 4.07. The third-order valence-corrected chi connectivity index (χ3v) is 5.41. The third-order valence-electron chi connectivity index (χ3n) is 5.41. The van der Waals surface area contributed by atoms with Crippen LogP contribution in [-0.2, 0) is 6.54 Å². The fourth-order valence-electron chi connectivity index (χ4n) is 3.97. The van der Waals surface area contributed by atoms with E-state index in [9.17, 15) is 0 Å². The molecule has 0 aromatic heterocycles. The summed E-state index contributed by atoms with van der Waals surface area (Å²) in [5.74, 6) is 0.629. The van der Waals surface area contributed by atoms with Gasteiger partial charge in [-0.3, -0.25) is 9.80 Å². The van der Waals surface area contributed by atoms with Gasteiger partial charge in [0.15, 0.2) is 0 Å². The molecule has 0 bridgehead atoms. The Morgan fingerprint density at radius 1 is 1.14 bits per heavy atom. The Balaban J connectivity index is 1.67. The lowest BCUT2D eigenvalue weighted by Crippen LogP contribution is -2.55. The maximum absolute atomic E-state index is 2.73. The van der Waals surface area contributed by atoms with E-state index < -0.39 is 0 Å². The summed E-state index contributed by atoms with van der Waals surface area (Å²) in [5.41, 5.74) is 2.93. The van der Waals surface area contributed by atoms with Crippen LogP contribution in [-0.4, -0.2) is 41.5 Å². The predicted molar refractivity (Wildman–Crippen MR) is 89.6 cm³/mol. The van der Waals surface area contributed by atoms with Crippen molar-refractivity contribution in [2.75, 3.05) is 19.6 Å². The molecule has 2 saturated heterocycles. The SMILES string of the molecule is CCC1CN2CCCC2CN1Cc1ccc(C(C)C)cc1. The smallest absolute Gasteiger partial charge is 0.0237 e. The van der Waals surface area contributed by atoms with Crippen molar-refractivity contribution in [3.63, 3.8) is 0 Å². The van der Waals surface area contributed by atoms with E-state index >= 15 is 0 Å². The maximum Gasteiger partial charge on any atom is 0.0237 e. The van der Waals surface area contributed by atoms with Crippen LogP contribution in [0.5, 0.6) is 0 Å². The van der Waals surface area contributed by atoms with Gasteiger partial charge in [0.25, 0.3) is 0 Å². The van der Waals surface area contributed by atoms with Crippen molar-refractivity contribution in [1.29, 1.82) is 0 Å². The molecular formula is C19H30N2. The van der Waals surface area contributed by atoms with E-state index in [1.165, 1.54) is 50.0 Å². The average Bonchev–Trinajstić information content (AvgIpc) is 2.94. The number of nitrogens with zero attached hydrogens (tertiary/aromatic N) is 2. The number of piperazine rings is 1. The molecule has 0 radical (unpaired) electrons. The second kappa shape index (κ2) is 6.50. The molecule has 2 fully saturated rings. The Labute approximate surface area is 130 Å². The summed E-state index contributed by atoms with van der Waals surface area (Å²) in [7, 11) is 0. The second-order valence-electron chi connectivity index (χ2n) is 7.18. The van der Waals surface area contributed by atoms with Gasteiger partial charge in [-0.15, -0.1) is 0 Å².